The Morgan fingerprint density at radius 2 is 1.96 bits per heavy atom. The van der Waals surface area contributed by atoms with Crippen molar-refractivity contribution in [2.24, 2.45) is 0 Å². The van der Waals surface area contributed by atoms with E-state index in [2.05, 4.69) is 4.98 Å². The second-order valence-electron chi connectivity index (χ2n) is 5.74. The lowest BCUT2D eigenvalue weighted by Crippen LogP contribution is -2.18. The lowest BCUT2D eigenvalue weighted by molar-refractivity contribution is 0.0465. The van der Waals surface area contributed by atoms with Crippen molar-refractivity contribution >= 4 is 11.6 Å². The average Bonchev–Trinajstić information content (AvgIpc) is 2.77. The van der Waals surface area contributed by atoms with Crippen molar-refractivity contribution in [3.63, 3.8) is 0 Å². The van der Waals surface area contributed by atoms with Crippen LogP contribution in [0.1, 0.15) is 38.8 Å². The number of esters is 1. The molecule has 0 bridgehead atoms. The highest BCUT2D eigenvalue weighted by molar-refractivity contribution is 5.92. The van der Waals surface area contributed by atoms with E-state index in [1.54, 1.807) is 19.9 Å². The van der Waals surface area contributed by atoms with Crippen LogP contribution in [0.5, 0.6) is 0 Å². The predicted molar refractivity (Wildman–Crippen MR) is 88.2 cm³/mol. The zero-order chi connectivity index (χ0) is 17.4. The maximum Gasteiger partial charge on any atom is 0.342 e. The second kappa shape index (κ2) is 5.96. The molecule has 0 aliphatic rings. The van der Waals surface area contributed by atoms with Gasteiger partial charge in [0.1, 0.15) is 29.3 Å². The van der Waals surface area contributed by atoms with E-state index in [0.717, 1.165) is 11.3 Å². The van der Waals surface area contributed by atoms with Gasteiger partial charge < -0.3 is 9.15 Å². The van der Waals surface area contributed by atoms with Crippen LogP contribution in [0, 0.1) is 27.7 Å². The lowest BCUT2D eigenvalue weighted by Gasteiger charge is -2.07. The number of carbonyl (C=O) groups is 1. The second-order valence-corrected chi connectivity index (χ2v) is 5.74. The molecule has 3 heterocycles. The summed E-state index contributed by atoms with van der Waals surface area (Å²) in [7, 11) is 0. The van der Waals surface area contributed by atoms with Gasteiger partial charge in [-0.15, -0.1) is 0 Å². The number of hydrogen-bond donors (Lipinski definition) is 0. The van der Waals surface area contributed by atoms with Crippen LogP contribution in [0.2, 0.25) is 0 Å². The summed E-state index contributed by atoms with van der Waals surface area (Å²) in [6, 6.07) is 6.79. The van der Waals surface area contributed by atoms with Crippen LogP contribution in [0.15, 0.2) is 33.5 Å². The van der Waals surface area contributed by atoms with Crippen LogP contribution in [0.4, 0.5) is 0 Å². The van der Waals surface area contributed by atoms with Gasteiger partial charge in [0.25, 0.3) is 5.56 Å². The van der Waals surface area contributed by atoms with Crippen LogP contribution >= 0.6 is 0 Å². The van der Waals surface area contributed by atoms with E-state index in [0.29, 0.717) is 28.4 Å². The molecule has 6 nitrogen and oxygen atoms in total. The number of rotatable bonds is 3. The maximum absolute atomic E-state index is 12.3. The number of ether oxygens (including phenoxy) is 1. The first-order valence-corrected chi connectivity index (χ1v) is 7.60. The zero-order valence-electron chi connectivity index (χ0n) is 14.0. The molecule has 0 aromatic carbocycles. The first-order valence-electron chi connectivity index (χ1n) is 7.60. The van der Waals surface area contributed by atoms with E-state index in [4.69, 9.17) is 9.15 Å². The smallest absolute Gasteiger partial charge is 0.342 e. The van der Waals surface area contributed by atoms with E-state index in [1.807, 2.05) is 26.0 Å². The maximum atomic E-state index is 12.3. The van der Waals surface area contributed by atoms with Crippen LogP contribution < -0.4 is 5.56 Å². The molecule has 3 aromatic heterocycles. The summed E-state index contributed by atoms with van der Waals surface area (Å²) >= 11 is 0. The van der Waals surface area contributed by atoms with Gasteiger partial charge in [0.15, 0.2) is 0 Å². The predicted octanol–water partition coefficient (Wildman–Crippen LogP) is 2.88. The summed E-state index contributed by atoms with van der Waals surface area (Å²) < 4.78 is 12.3. The molecular weight excluding hydrogens is 308 g/mol. The van der Waals surface area contributed by atoms with E-state index in [-0.39, 0.29) is 12.2 Å². The van der Waals surface area contributed by atoms with E-state index < -0.39 is 5.97 Å². The molecule has 0 radical (unpaired) electrons. The summed E-state index contributed by atoms with van der Waals surface area (Å²) in [6.07, 6.45) is 0. The van der Waals surface area contributed by atoms with E-state index in [9.17, 15) is 9.59 Å². The molecule has 0 amide bonds. The normalized spacial score (nSPS) is 11.0. The van der Waals surface area contributed by atoms with Crippen LogP contribution in [0.25, 0.3) is 5.65 Å². The quantitative estimate of drug-likeness (QED) is 0.692. The Hall–Kier alpha value is -2.89. The number of fused-ring (bicyclic) bond motifs is 1. The van der Waals surface area contributed by atoms with Crippen molar-refractivity contribution in [1.29, 1.82) is 0 Å². The van der Waals surface area contributed by atoms with Gasteiger partial charge in [-0.25, -0.2) is 9.78 Å². The van der Waals surface area contributed by atoms with E-state index >= 15 is 0 Å². The molecule has 24 heavy (non-hydrogen) atoms. The minimum Gasteiger partial charge on any atom is -0.465 e. The van der Waals surface area contributed by atoms with Gasteiger partial charge in [0.05, 0.1) is 5.69 Å². The van der Waals surface area contributed by atoms with Gasteiger partial charge in [0, 0.05) is 17.3 Å². The van der Waals surface area contributed by atoms with Gasteiger partial charge in [-0.05, 0) is 39.8 Å². The van der Waals surface area contributed by atoms with Crippen molar-refractivity contribution in [3.05, 3.63) is 68.7 Å². The molecule has 6 heteroatoms. The minimum atomic E-state index is -0.479. The molecular formula is C18H18N2O4. The van der Waals surface area contributed by atoms with E-state index in [1.165, 1.54) is 10.5 Å². The fourth-order valence-corrected chi connectivity index (χ4v) is 2.74. The average molecular weight is 326 g/mol. The van der Waals surface area contributed by atoms with Crippen LogP contribution in [-0.2, 0) is 11.3 Å². The molecule has 124 valence electrons. The number of furan rings is 1. The van der Waals surface area contributed by atoms with Gasteiger partial charge >= 0.3 is 5.97 Å². The number of carbonyl (C=O) groups excluding carboxylic acids is 1. The number of aryl methyl sites for hydroxylation is 3. The van der Waals surface area contributed by atoms with Gasteiger partial charge in [0.2, 0.25) is 0 Å². The number of nitrogens with zero attached hydrogens (tertiary/aromatic N) is 2. The molecule has 3 rings (SSSR count). The Bertz CT molecular complexity index is 998. The molecule has 0 fully saturated rings. The highest BCUT2D eigenvalue weighted by atomic mass is 16.5. The highest BCUT2D eigenvalue weighted by Gasteiger charge is 2.20. The number of aromatic nitrogens is 2. The van der Waals surface area contributed by atoms with Gasteiger partial charge in [-0.2, -0.15) is 0 Å². The molecule has 0 spiro atoms. The van der Waals surface area contributed by atoms with Crippen molar-refractivity contribution in [1.82, 2.24) is 9.38 Å². The molecule has 0 aliphatic heterocycles. The third-order valence-electron chi connectivity index (χ3n) is 4.05. The molecule has 3 aromatic rings. The van der Waals surface area contributed by atoms with Crippen molar-refractivity contribution in [2.45, 2.75) is 34.3 Å². The first kappa shape index (κ1) is 16.0. The molecule has 0 unspecified atom stereocenters. The van der Waals surface area contributed by atoms with Gasteiger partial charge in [-0.3, -0.25) is 9.20 Å². The Labute approximate surface area is 138 Å². The lowest BCUT2D eigenvalue weighted by atomic mass is 10.1. The Morgan fingerprint density at radius 1 is 1.21 bits per heavy atom. The van der Waals surface area contributed by atoms with Crippen molar-refractivity contribution in [3.8, 4) is 0 Å². The molecule has 0 atom stereocenters. The summed E-state index contributed by atoms with van der Waals surface area (Å²) in [5.74, 6) is 0.738. The zero-order valence-corrected chi connectivity index (χ0v) is 14.0. The standard InChI is InChI=1S/C18H18N2O4/c1-10-6-5-7-15-19-14(8-16(21)20(10)15)9-23-18(22)17-11(2)12(3)24-13(17)4/h5-8H,9H2,1-4H3. The Balaban J connectivity index is 1.86. The highest BCUT2D eigenvalue weighted by Crippen LogP contribution is 2.21. The summed E-state index contributed by atoms with van der Waals surface area (Å²) in [5.41, 5.74) is 2.74. The topological polar surface area (TPSA) is 73.8 Å². The SMILES string of the molecule is Cc1oc(C)c(C(=O)OCc2cc(=O)n3c(C)cccc3n2)c1C. The largest absolute Gasteiger partial charge is 0.465 e. The monoisotopic (exact) mass is 326 g/mol. The van der Waals surface area contributed by atoms with Crippen LogP contribution in [0.3, 0.4) is 0 Å². The summed E-state index contributed by atoms with van der Waals surface area (Å²) in [6.45, 7) is 7.10. The summed E-state index contributed by atoms with van der Waals surface area (Å²) in [5, 5.41) is 0. The van der Waals surface area contributed by atoms with Crippen molar-refractivity contribution in [2.75, 3.05) is 0 Å². The number of hydrogen-bond acceptors (Lipinski definition) is 5. The van der Waals surface area contributed by atoms with Crippen molar-refractivity contribution < 1.29 is 13.9 Å². The summed E-state index contributed by atoms with van der Waals surface area (Å²) in [4.78, 5) is 28.9. The van der Waals surface area contributed by atoms with Crippen LogP contribution in [-0.4, -0.2) is 15.4 Å². The third-order valence-corrected chi connectivity index (χ3v) is 4.05. The fourth-order valence-electron chi connectivity index (χ4n) is 2.74. The first-order chi connectivity index (χ1) is 11.4. The minimum absolute atomic E-state index is 0.0678. The number of pyridine rings is 1. The molecule has 0 saturated heterocycles. The molecule has 0 saturated carbocycles. The fraction of sp³-hybridized carbons (Fsp3) is 0.278. The van der Waals surface area contributed by atoms with Gasteiger partial charge in [-0.1, -0.05) is 6.07 Å². The Kier molecular flexibility index (Phi) is 3.97. The third kappa shape index (κ3) is 2.71. The molecule has 0 N–H and O–H groups in total. The Morgan fingerprint density at radius 3 is 2.62 bits per heavy atom. The molecule has 0 aliphatic carbocycles.